The molecule has 112 valence electrons. The SMILES string of the molecule is O=C1c2ccccc2C(=O)N1CCOCc1ccc(Br)cc1. The number of rotatable bonds is 5. The minimum atomic E-state index is -0.243. The molecule has 0 radical (unpaired) electrons. The second-order valence-corrected chi connectivity index (χ2v) is 5.90. The fourth-order valence-corrected chi connectivity index (χ4v) is 2.63. The van der Waals surface area contributed by atoms with Crippen LogP contribution in [0.4, 0.5) is 0 Å². The van der Waals surface area contributed by atoms with Crippen molar-refractivity contribution in [1.29, 1.82) is 0 Å². The van der Waals surface area contributed by atoms with Crippen molar-refractivity contribution < 1.29 is 14.3 Å². The maximum Gasteiger partial charge on any atom is 0.261 e. The number of imide groups is 1. The van der Waals surface area contributed by atoms with Crippen molar-refractivity contribution in [3.8, 4) is 0 Å². The summed E-state index contributed by atoms with van der Waals surface area (Å²) in [5.74, 6) is -0.485. The van der Waals surface area contributed by atoms with E-state index in [4.69, 9.17) is 4.74 Å². The molecule has 5 heteroatoms. The second-order valence-electron chi connectivity index (χ2n) is 4.99. The van der Waals surface area contributed by atoms with Gasteiger partial charge in [-0.25, -0.2) is 0 Å². The van der Waals surface area contributed by atoms with Gasteiger partial charge in [0.2, 0.25) is 0 Å². The van der Waals surface area contributed by atoms with Crippen LogP contribution in [0.3, 0.4) is 0 Å². The quantitative estimate of drug-likeness (QED) is 0.607. The van der Waals surface area contributed by atoms with Crippen LogP contribution in [0.15, 0.2) is 53.0 Å². The zero-order valence-electron chi connectivity index (χ0n) is 11.8. The van der Waals surface area contributed by atoms with Gasteiger partial charge in [-0.15, -0.1) is 0 Å². The van der Waals surface area contributed by atoms with Gasteiger partial charge in [-0.1, -0.05) is 40.2 Å². The summed E-state index contributed by atoms with van der Waals surface area (Å²) in [4.78, 5) is 25.5. The molecular weight excluding hydrogens is 346 g/mol. The van der Waals surface area contributed by atoms with E-state index in [1.807, 2.05) is 24.3 Å². The van der Waals surface area contributed by atoms with Crippen LogP contribution in [0.2, 0.25) is 0 Å². The number of amides is 2. The number of ether oxygens (including phenoxy) is 1. The topological polar surface area (TPSA) is 46.6 Å². The van der Waals surface area contributed by atoms with Gasteiger partial charge in [-0.3, -0.25) is 14.5 Å². The second kappa shape index (κ2) is 6.42. The van der Waals surface area contributed by atoms with Crippen molar-refractivity contribution in [1.82, 2.24) is 4.90 Å². The third kappa shape index (κ3) is 2.96. The van der Waals surface area contributed by atoms with Crippen LogP contribution in [-0.2, 0) is 11.3 Å². The van der Waals surface area contributed by atoms with Gasteiger partial charge < -0.3 is 4.74 Å². The van der Waals surface area contributed by atoms with E-state index in [9.17, 15) is 9.59 Å². The van der Waals surface area contributed by atoms with E-state index in [0.717, 1.165) is 10.0 Å². The molecule has 2 aromatic rings. The highest BCUT2D eigenvalue weighted by molar-refractivity contribution is 9.10. The molecule has 2 amide bonds. The fraction of sp³-hybridized carbons (Fsp3) is 0.176. The molecule has 0 saturated carbocycles. The summed E-state index contributed by atoms with van der Waals surface area (Å²) in [6.45, 7) is 1.04. The Morgan fingerprint density at radius 1 is 0.909 bits per heavy atom. The van der Waals surface area contributed by atoms with Gasteiger partial charge in [0, 0.05) is 4.47 Å². The van der Waals surface area contributed by atoms with Gasteiger partial charge in [0.15, 0.2) is 0 Å². The number of fused-ring (bicyclic) bond motifs is 1. The Morgan fingerprint density at radius 2 is 1.50 bits per heavy atom. The third-order valence-electron chi connectivity index (χ3n) is 3.52. The van der Waals surface area contributed by atoms with Crippen molar-refractivity contribution in [2.24, 2.45) is 0 Å². The van der Waals surface area contributed by atoms with Crippen molar-refractivity contribution in [2.45, 2.75) is 6.61 Å². The molecule has 1 heterocycles. The first-order chi connectivity index (χ1) is 10.7. The first-order valence-electron chi connectivity index (χ1n) is 6.94. The minimum absolute atomic E-state index is 0.243. The number of carbonyl (C=O) groups excluding carboxylic acids is 2. The zero-order valence-corrected chi connectivity index (χ0v) is 13.4. The van der Waals surface area contributed by atoms with Crippen molar-refractivity contribution in [3.63, 3.8) is 0 Å². The Morgan fingerprint density at radius 3 is 2.09 bits per heavy atom. The molecule has 3 rings (SSSR count). The highest BCUT2D eigenvalue weighted by atomic mass is 79.9. The molecule has 0 aromatic heterocycles. The monoisotopic (exact) mass is 359 g/mol. The van der Waals surface area contributed by atoms with Crippen LogP contribution in [0.5, 0.6) is 0 Å². The largest absolute Gasteiger partial charge is 0.375 e. The fourth-order valence-electron chi connectivity index (χ4n) is 2.37. The first-order valence-corrected chi connectivity index (χ1v) is 7.73. The van der Waals surface area contributed by atoms with Crippen LogP contribution >= 0.6 is 15.9 Å². The van der Waals surface area contributed by atoms with Crippen LogP contribution in [-0.4, -0.2) is 29.9 Å². The number of halogens is 1. The predicted molar refractivity (Wildman–Crippen MR) is 85.6 cm³/mol. The van der Waals surface area contributed by atoms with Gasteiger partial charge in [-0.2, -0.15) is 0 Å². The van der Waals surface area contributed by atoms with Gasteiger partial charge in [0.25, 0.3) is 11.8 Å². The highest BCUT2D eigenvalue weighted by Gasteiger charge is 2.34. The van der Waals surface area contributed by atoms with Crippen LogP contribution in [0.25, 0.3) is 0 Å². The van der Waals surface area contributed by atoms with E-state index in [0.29, 0.717) is 24.3 Å². The van der Waals surface area contributed by atoms with Gasteiger partial charge in [-0.05, 0) is 29.8 Å². The van der Waals surface area contributed by atoms with E-state index in [2.05, 4.69) is 15.9 Å². The molecule has 0 spiro atoms. The molecule has 0 fully saturated rings. The molecule has 0 unspecified atom stereocenters. The maximum atomic E-state index is 12.2. The van der Waals surface area contributed by atoms with Gasteiger partial charge in [0.1, 0.15) is 0 Å². The van der Waals surface area contributed by atoms with E-state index >= 15 is 0 Å². The number of hydrogen-bond acceptors (Lipinski definition) is 3. The highest BCUT2D eigenvalue weighted by Crippen LogP contribution is 2.22. The summed E-state index contributed by atoms with van der Waals surface area (Å²) in [6, 6.07) is 14.7. The lowest BCUT2D eigenvalue weighted by molar-refractivity contribution is 0.0545. The third-order valence-corrected chi connectivity index (χ3v) is 4.05. The Balaban J connectivity index is 1.54. The molecule has 22 heavy (non-hydrogen) atoms. The minimum Gasteiger partial charge on any atom is -0.375 e. The Hall–Kier alpha value is -1.98. The molecule has 2 aromatic carbocycles. The summed E-state index contributed by atoms with van der Waals surface area (Å²) < 4.78 is 6.57. The van der Waals surface area contributed by atoms with Crippen LogP contribution in [0, 0.1) is 0 Å². The average molecular weight is 360 g/mol. The standard InChI is InChI=1S/C17H14BrNO3/c18-13-7-5-12(6-8-13)11-22-10-9-19-16(20)14-3-1-2-4-15(14)17(19)21/h1-8H,9-11H2. The Bertz CT molecular complexity index is 677. The molecule has 0 atom stereocenters. The molecular formula is C17H14BrNO3. The molecule has 1 aliphatic heterocycles. The zero-order chi connectivity index (χ0) is 15.5. The first kappa shape index (κ1) is 14.9. The van der Waals surface area contributed by atoms with Crippen molar-refractivity contribution in [2.75, 3.05) is 13.2 Å². The van der Waals surface area contributed by atoms with E-state index in [1.54, 1.807) is 24.3 Å². The van der Waals surface area contributed by atoms with Crippen LogP contribution in [0.1, 0.15) is 26.3 Å². The van der Waals surface area contributed by atoms with E-state index in [-0.39, 0.29) is 18.4 Å². The molecule has 0 saturated heterocycles. The Kier molecular flexibility index (Phi) is 4.36. The lowest BCUT2D eigenvalue weighted by Gasteiger charge is -2.13. The van der Waals surface area contributed by atoms with Crippen molar-refractivity contribution >= 4 is 27.7 Å². The lowest BCUT2D eigenvalue weighted by Crippen LogP contribution is -2.33. The lowest BCUT2D eigenvalue weighted by atomic mass is 10.1. The summed E-state index contributed by atoms with van der Waals surface area (Å²) >= 11 is 3.38. The number of hydrogen-bond donors (Lipinski definition) is 0. The number of nitrogens with zero attached hydrogens (tertiary/aromatic N) is 1. The van der Waals surface area contributed by atoms with Crippen molar-refractivity contribution in [3.05, 3.63) is 69.7 Å². The maximum absolute atomic E-state index is 12.2. The van der Waals surface area contributed by atoms with Gasteiger partial charge in [0.05, 0.1) is 30.9 Å². The van der Waals surface area contributed by atoms with E-state index in [1.165, 1.54) is 4.90 Å². The van der Waals surface area contributed by atoms with Crippen LogP contribution < -0.4 is 0 Å². The van der Waals surface area contributed by atoms with E-state index < -0.39 is 0 Å². The van der Waals surface area contributed by atoms with Gasteiger partial charge >= 0.3 is 0 Å². The number of carbonyl (C=O) groups is 2. The summed E-state index contributed by atoms with van der Waals surface area (Å²) in [5.41, 5.74) is 1.99. The molecule has 1 aliphatic rings. The Labute approximate surface area is 136 Å². The summed E-state index contributed by atoms with van der Waals surface area (Å²) in [6.07, 6.45) is 0. The molecule has 0 bridgehead atoms. The smallest absolute Gasteiger partial charge is 0.261 e. The molecule has 4 nitrogen and oxygen atoms in total. The molecule has 0 N–H and O–H groups in total. The summed E-state index contributed by atoms with van der Waals surface area (Å²) in [5, 5.41) is 0. The summed E-state index contributed by atoms with van der Waals surface area (Å²) in [7, 11) is 0. The average Bonchev–Trinajstić information content (AvgIpc) is 2.78. The number of benzene rings is 2. The normalized spacial score (nSPS) is 13.6. The predicted octanol–water partition coefficient (Wildman–Crippen LogP) is 3.26. The molecule has 0 aliphatic carbocycles.